The molecule has 0 aromatic heterocycles. The number of amides is 5. The molecule has 2 heterocycles. The van der Waals surface area contributed by atoms with E-state index < -0.39 is 104 Å². The van der Waals surface area contributed by atoms with E-state index >= 15 is 0 Å². The molecule has 0 radical (unpaired) electrons. The molecule has 0 bridgehead atoms. The third-order valence-electron chi connectivity index (χ3n) is 10.5. The van der Waals surface area contributed by atoms with Crippen LogP contribution in [0.2, 0.25) is 0 Å². The number of alkyl halides is 3. The Morgan fingerprint density at radius 2 is 1.57 bits per heavy atom. The normalized spacial score (nSPS) is 24.6. The van der Waals surface area contributed by atoms with Gasteiger partial charge in [0, 0.05) is 19.5 Å². The van der Waals surface area contributed by atoms with Crippen molar-refractivity contribution in [2.24, 2.45) is 16.7 Å². The fourth-order valence-corrected chi connectivity index (χ4v) is 10.2. The number of carbonyl (C=O) groups is 5. The third kappa shape index (κ3) is 10.7. The minimum Gasteiger partial charge on any atom is -0.346 e. The summed E-state index contributed by atoms with van der Waals surface area (Å²) < 4.78 is 65.8. The number of carbonyl (C=O) groups excluding carboxylic acids is 5. The first-order valence-electron chi connectivity index (χ1n) is 17.8. The number of nitrogens with zero attached hydrogens (tertiary/aromatic N) is 1. The second-order valence-corrected chi connectivity index (χ2v) is 18.7. The van der Waals surface area contributed by atoms with Crippen LogP contribution < -0.4 is 21.3 Å². The highest BCUT2D eigenvalue weighted by Gasteiger charge is 2.52. The molecule has 51 heavy (non-hydrogen) atoms. The maximum atomic E-state index is 14.5. The molecule has 5 atom stereocenters. The van der Waals surface area contributed by atoms with E-state index in [-0.39, 0.29) is 18.8 Å². The average Bonchev–Trinajstić information content (AvgIpc) is 3.63. The maximum Gasteiger partial charge on any atom is 0.389 e. The predicted molar refractivity (Wildman–Crippen MR) is 186 cm³/mol. The topological polar surface area (TPSA) is 171 Å². The van der Waals surface area contributed by atoms with E-state index in [2.05, 4.69) is 27.8 Å². The summed E-state index contributed by atoms with van der Waals surface area (Å²) in [6.45, 7) is 14.2. The SMILES string of the molecule is C=CCNC(=O)C(=O)C(CCC(F)(F)F)NC(=O)[C@@H]1C(C(C)(C)C)CCN1C(=O)[C@@H](NC(=O)NC1(C2CCCS2(=O)=O)CCCCC1)C(C)(C)C. The molecule has 12 nitrogen and oxygen atoms in total. The van der Waals surface area contributed by atoms with Crippen molar-refractivity contribution in [3.63, 3.8) is 0 Å². The lowest BCUT2D eigenvalue weighted by molar-refractivity contribution is -0.148. The highest BCUT2D eigenvalue weighted by molar-refractivity contribution is 7.92. The quantitative estimate of drug-likeness (QED) is 0.173. The summed E-state index contributed by atoms with van der Waals surface area (Å²) >= 11 is 0. The Morgan fingerprint density at radius 1 is 0.941 bits per heavy atom. The minimum absolute atomic E-state index is 0.0569. The molecule has 2 aliphatic heterocycles. The molecule has 3 aliphatic rings. The Bertz CT molecular complexity index is 1430. The number of likely N-dealkylation sites (tertiary alicyclic amines) is 1. The van der Waals surface area contributed by atoms with Crippen LogP contribution in [0.25, 0.3) is 0 Å². The largest absolute Gasteiger partial charge is 0.389 e. The number of halogens is 3. The first kappa shape index (κ1) is 42.2. The van der Waals surface area contributed by atoms with Crippen LogP contribution in [-0.2, 0) is 29.0 Å². The minimum atomic E-state index is -4.67. The lowest BCUT2D eigenvalue weighted by Crippen LogP contribution is -2.65. The number of urea groups is 1. The van der Waals surface area contributed by atoms with Gasteiger partial charge in [0.1, 0.15) is 12.1 Å². The number of hydrogen-bond acceptors (Lipinski definition) is 7. The van der Waals surface area contributed by atoms with Crippen LogP contribution in [0.3, 0.4) is 0 Å². The number of sulfone groups is 1. The van der Waals surface area contributed by atoms with Crippen molar-refractivity contribution < 1.29 is 45.6 Å². The Kier molecular flexibility index (Phi) is 13.5. The van der Waals surface area contributed by atoms with E-state index in [1.54, 1.807) is 20.8 Å². The fraction of sp³-hybridized carbons (Fsp3) is 0.800. The first-order valence-corrected chi connectivity index (χ1v) is 19.6. The van der Waals surface area contributed by atoms with Crippen molar-refractivity contribution in [1.82, 2.24) is 26.2 Å². The van der Waals surface area contributed by atoms with Gasteiger partial charge in [-0.3, -0.25) is 19.2 Å². The number of hydrogen-bond donors (Lipinski definition) is 4. The smallest absolute Gasteiger partial charge is 0.346 e. The van der Waals surface area contributed by atoms with Gasteiger partial charge in [0.05, 0.1) is 22.6 Å². The predicted octanol–water partition coefficient (Wildman–Crippen LogP) is 3.94. The van der Waals surface area contributed by atoms with Gasteiger partial charge in [-0.25, -0.2) is 13.2 Å². The molecule has 1 aliphatic carbocycles. The van der Waals surface area contributed by atoms with Crippen molar-refractivity contribution in [1.29, 1.82) is 0 Å². The molecular weight excluding hydrogens is 691 g/mol. The summed E-state index contributed by atoms with van der Waals surface area (Å²) in [6.07, 6.45) is -1.04. The Labute approximate surface area is 299 Å². The molecule has 0 spiro atoms. The number of nitrogens with one attached hydrogen (secondary N) is 4. The standard InChI is InChI=1S/C35H56F3N5O7S/c1-8-19-39-29(46)26(44)23(14-18-35(36,37)38)40-28(45)25-22(32(2,3)4)15-20-43(25)30(47)27(33(5,6)7)41-31(48)42-34(16-10-9-11-17-34)24-13-12-21-51(24,49)50/h8,22-25,27H,1,9-21H2,2-7H3,(H,39,46)(H,40,45)(H2,41,42,48)/t22?,23?,24?,25-,27+/m0/s1. The van der Waals surface area contributed by atoms with Crippen molar-refractivity contribution in [2.45, 2.75) is 141 Å². The van der Waals surface area contributed by atoms with E-state index in [9.17, 15) is 45.6 Å². The van der Waals surface area contributed by atoms with Crippen LogP contribution in [-0.4, -0.2) is 96.8 Å². The molecule has 3 unspecified atom stereocenters. The summed E-state index contributed by atoms with van der Waals surface area (Å²) in [6, 6.07) is -4.95. The molecule has 16 heteroatoms. The van der Waals surface area contributed by atoms with E-state index in [0.717, 1.165) is 19.3 Å². The highest BCUT2D eigenvalue weighted by Crippen LogP contribution is 2.41. The number of Topliss-reactive ketones (excluding diaryl/α,β-unsaturated/α-hetero) is 1. The van der Waals surface area contributed by atoms with Gasteiger partial charge >= 0.3 is 12.2 Å². The van der Waals surface area contributed by atoms with Crippen molar-refractivity contribution in [2.75, 3.05) is 18.8 Å². The summed E-state index contributed by atoms with van der Waals surface area (Å²) in [7, 11) is -3.43. The van der Waals surface area contributed by atoms with Gasteiger partial charge in [-0.2, -0.15) is 13.2 Å². The molecule has 0 aromatic carbocycles. The van der Waals surface area contributed by atoms with E-state index in [4.69, 9.17) is 0 Å². The van der Waals surface area contributed by atoms with Gasteiger partial charge < -0.3 is 26.2 Å². The molecule has 3 rings (SSSR count). The van der Waals surface area contributed by atoms with Gasteiger partial charge in [0.2, 0.25) is 17.6 Å². The molecule has 4 N–H and O–H groups in total. The second kappa shape index (κ2) is 16.2. The van der Waals surface area contributed by atoms with Crippen LogP contribution in [0.5, 0.6) is 0 Å². The molecule has 0 aromatic rings. The number of ketones is 1. The van der Waals surface area contributed by atoms with Gasteiger partial charge in [0.25, 0.3) is 5.91 Å². The summed E-state index contributed by atoms with van der Waals surface area (Å²) in [5.41, 5.74) is -2.46. The van der Waals surface area contributed by atoms with E-state index in [1.165, 1.54) is 11.0 Å². The lowest BCUT2D eigenvalue weighted by atomic mass is 9.75. The summed E-state index contributed by atoms with van der Waals surface area (Å²) in [5, 5.41) is 9.64. The lowest BCUT2D eigenvalue weighted by Gasteiger charge is -2.43. The van der Waals surface area contributed by atoms with Gasteiger partial charge in [-0.15, -0.1) is 6.58 Å². The zero-order chi connectivity index (χ0) is 38.6. The average molecular weight is 748 g/mol. The molecule has 290 valence electrons. The Balaban J connectivity index is 1.92. The summed E-state index contributed by atoms with van der Waals surface area (Å²) in [4.78, 5) is 69.1. The second-order valence-electron chi connectivity index (χ2n) is 16.4. The maximum absolute atomic E-state index is 14.5. The zero-order valence-electron chi connectivity index (χ0n) is 30.7. The highest BCUT2D eigenvalue weighted by atomic mass is 32.2. The molecule has 1 saturated carbocycles. The Morgan fingerprint density at radius 3 is 2.08 bits per heavy atom. The van der Waals surface area contributed by atoms with Crippen LogP contribution in [0.15, 0.2) is 12.7 Å². The molecule has 2 saturated heterocycles. The zero-order valence-corrected chi connectivity index (χ0v) is 31.5. The summed E-state index contributed by atoms with van der Waals surface area (Å²) in [5.74, 6) is -4.38. The molecular formula is C35H56F3N5O7S. The van der Waals surface area contributed by atoms with Gasteiger partial charge in [0.15, 0.2) is 9.84 Å². The first-order chi connectivity index (χ1) is 23.4. The van der Waals surface area contributed by atoms with Crippen molar-refractivity contribution in [3.8, 4) is 0 Å². The van der Waals surface area contributed by atoms with Gasteiger partial charge in [-0.1, -0.05) is 66.9 Å². The van der Waals surface area contributed by atoms with E-state index in [0.29, 0.717) is 32.1 Å². The number of rotatable bonds is 12. The van der Waals surface area contributed by atoms with Crippen LogP contribution in [0.4, 0.5) is 18.0 Å². The van der Waals surface area contributed by atoms with E-state index in [1.807, 2.05) is 20.8 Å². The van der Waals surface area contributed by atoms with Crippen LogP contribution >= 0.6 is 0 Å². The van der Waals surface area contributed by atoms with Crippen molar-refractivity contribution in [3.05, 3.63) is 12.7 Å². The molecule has 5 amide bonds. The monoisotopic (exact) mass is 747 g/mol. The van der Waals surface area contributed by atoms with Gasteiger partial charge in [-0.05, 0) is 55.3 Å². The van der Waals surface area contributed by atoms with Crippen LogP contribution in [0.1, 0.15) is 106 Å². The fourth-order valence-electron chi connectivity index (χ4n) is 7.84. The van der Waals surface area contributed by atoms with Crippen molar-refractivity contribution >= 4 is 39.4 Å². The Hall–Kier alpha value is -3.17. The molecule has 3 fully saturated rings. The third-order valence-corrected chi connectivity index (χ3v) is 12.9. The van der Waals surface area contributed by atoms with Crippen LogP contribution in [0, 0.1) is 16.7 Å².